The van der Waals surface area contributed by atoms with Gasteiger partial charge in [0.2, 0.25) is 0 Å². The molecule has 0 aliphatic rings. The molecule has 0 aliphatic heterocycles. The Labute approximate surface area is 163 Å². The number of benzene rings is 2. The highest BCUT2D eigenvalue weighted by atomic mass is 35.5. The fourth-order valence-electron chi connectivity index (χ4n) is 2.47. The number of nitro groups is 1. The number of hydrogen-bond donors (Lipinski definition) is 0. The van der Waals surface area contributed by atoms with Crippen molar-refractivity contribution in [2.75, 3.05) is 6.26 Å². The molecule has 0 saturated carbocycles. The van der Waals surface area contributed by atoms with Gasteiger partial charge in [-0.3, -0.25) is 10.1 Å². The summed E-state index contributed by atoms with van der Waals surface area (Å²) in [6, 6.07) is 10.6. The smallest absolute Gasteiger partial charge is 0.338 e. The van der Waals surface area contributed by atoms with E-state index in [2.05, 4.69) is 0 Å². The zero-order valence-electron chi connectivity index (χ0n) is 13.8. The van der Waals surface area contributed by atoms with Crippen molar-refractivity contribution in [1.29, 1.82) is 0 Å². The van der Waals surface area contributed by atoms with Crippen LogP contribution in [-0.2, 0) is 21.2 Å². The van der Waals surface area contributed by atoms with Crippen LogP contribution in [0.2, 0.25) is 5.02 Å². The average Bonchev–Trinajstić information content (AvgIpc) is 2.94. The van der Waals surface area contributed by atoms with Crippen molar-refractivity contribution in [2.45, 2.75) is 11.5 Å². The first-order valence-corrected chi connectivity index (χ1v) is 10.6. The van der Waals surface area contributed by atoms with Crippen LogP contribution in [0.25, 0.3) is 10.1 Å². The molecule has 0 atom stereocenters. The van der Waals surface area contributed by atoms with Crippen LogP contribution in [-0.4, -0.2) is 25.6 Å². The molecule has 3 rings (SSSR count). The Hall–Kier alpha value is -2.49. The van der Waals surface area contributed by atoms with E-state index in [4.69, 9.17) is 16.3 Å². The number of halogens is 1. The van der Waals surface area contributed by atoms with Gasteiger partial charge in [-0.25, -0.2) is 13.2 Å². The second-order valence-corrected chi connectivity index (χ2v) is 9.12. The van der Waals surface area contributed by atoms with E-state index in [9.17, 15) is 23.3 Å². The molecule has 1 aromatic heterocycles. The lowest BCUT2D eigenvalue weighted by Gasteiger charge is -2.06. The van der Waals surface area contributed by atoms with E-state index in [1.54, 1.807) is 0 Å². The quantitative estimate of drug-likeness (QED) is 0.344. The highest BCUT2D eigenvalue weighted by molar-refractivity contribution is 7.90. The topological polar surface area (TPSA) is 104 Å². The fourth-order valence-corrected chi connectivity index (χ4v) is 4.70. The minimum absolute atomic E-state index is 0.0986. The SMILES string of the molecule is CS(=O)(=O)c1ccc(C(=O)OCc2sc3ccccc3c2Cl)cc1[N+](=O)[O-]. The lowest BCUT2D eigenvalue weighted by Crippen LogP contribution is -2.08. The molecule has 0 aliphatic carbocycles. The van der Waals surface area contributed by atoms with Gasteiger partial charge in [-0.05, 0) is 18.2 Å². The minimum atomic E-state index is -3.81. The first-order valence-electron chi connectivity index (χ1n) is 7.50. The molecule has 2 aromatic carbocycles. The standard InChI is InChI=1S/C17H12ClNO6S2/c1-27(23,24)15-7-6-10(8-12(15)19(21)22)17(20)25-9-14-16(18)11-4-2-3-5-13(11)26-14/h2-8H,9H2,1H3. The van der Waals surface area contributed by atoms with Gasteiger partial charge < -0.3 is 4.74 Å². The third-order valence-corrected chi connectivity index (χ3v) is 6.56. The number of sulfone groups is 1. The number of esters is 1. The fraction of sp³-hybridized carbons (Fsp3) is 0.118. The predicted molar refractivity (Wildman–Crippen MR) is 102 cm³/mol. The first kappa shape index (κ1) is 19.3. The Morgan fingerprint density at radius 3 is 2.59 bits per heavy atom. The molecule has 0 bridgehead atoms. The number of nitrogens with zero attached hydrogens (tertiary/aromatic N) is 1. The summed E-state index contributed by atoms with van der Waals surface area (Å²) < 4.78 is 29.4. The molecule has 0 fully saturated rings. The molecule has 0 N–H and O–H groups in total. The van der Waals surface area contributed by atoms with Crippen LogP contribution in [0, 0.1) is 10.1 Å². The van der Waals surface area contributed by atoms with Crippen molar-refractivity contribution in [2.24, 2.45) is 0 Å². The van der Waals surface area contributed by atoms with E-state index < -0.39 is 31.3 Å². The second-order valence-electron chi connectivity index (χ2n) is 5.62. The summed E-state index contributed by atoms with van der Waals surface area (Å²) in [6.45, 7) is -0.0986. The molecule has 140 valence electrons. The van der Waals surface area contributed by atoms with Crippen LogP contribution in [0.4, 0.5) is 5.69 Å². The summed E-state index contributed by atoms with van der Waals surface area (Å²) in [6.07, 6.45) is 0.858. The lowest BCUT2D eigenvalue weighted by molar-refractivity contribution is -0.387. The third kappa shape index (κ3) is 3.95. The molecule has 3 aromatic rings. The molecule has 0 spiro atoms. The normalized spacial score (nSPS) is 11.5. The molecule has 10 heteroatoms. The van der Waals surface area contributed by atoms with Crippen molar-refractivity contribution in [3.8, 4) is 0 Å². The lowest BCUT2D eigenvalue weighted by atomic mass is 10.2. The van der Waals surface area contributed by atoms with Gasteiger partial charge in [-0.2, -0.15) is 0 Å². The van der Waals surface area contributed by atoms with Gasteiger partial charge >= 0.3 is 5.97 Å². The molecule has 0 radical (unpaired) electrons. The van der Waals surface area contributed by atoms with Crippen LogP contribution >= 0.6 is 22.9 Å². The number of nitro benzene ring substituents is 1. The van der Waals surface area contributed by atoms with Crippen molar-refractivity contribution in [3.05, 3.63) is 68.0 Å². The summed E-state index contributed by atoms with van der Waals surface area (Å²) in [5, 5.41) is 12.5. The summed E-state index contributed by atoms with van der Waals surface area (Å²) in [5.41, 5.74) is -0.793. The Bertz CT molecular complexity index is 1170. The largest absolute Gasteiger partial charge is 0.456 e. The Morgan fingerprint density at radius 1 is 1.26 bits per heavy atom. The number of thiophene rings is 1. The van der Waals surface area contributed by atoms with Gasteiger partial charge in [0.15, 0.2) is 9.84 Å². The summed E-state index contributed by atoms with van der Waals surface area (Å²) in [4.78, 5) is 22.7. The van der Waals surface area contributed by atoms with Crippen molar-refractivity contribution in [3.63, 3.8) is 0 Å². The number of carbonyl (C=O) groups excluding carboxylic acids is 1. The van der Waals surface area contributed by atoms with Gasteiger partial charge in [0.05, 0.1) is 20.4 Å². The van der Waals surface area contributed by atoms with Gasteiger partial charge in [-0.1, -0.05) is 29.8 Å². The molecule has 27 heavy (non-hydrogen) atoms. The van der Waals surface area contributed by atoms with Crippen molar-refractivity contribution in [1.82, 2.24) is 0 Å². The van der Waals surface area contributed by atoms with Crippen LogP contribution in [0.1, 0.15) is 15.2 Å². The monoisotopic (exact) mass is 425 g/mol. The highest BCUT2D eigenvalue weighted by Gasteiger charge is 2.24. The Balaban J connectivity index is 1.84. The van der Waals surface area contributed by atoms with Gasteiger partial charge in [0.1, 0.15) is 11.5 Å². The van der Waals surface area contributed by atoms with E-state index in [0.717, 1.165) is 28.5 Å². The average molecular weight is 426 g/mol. The molecule has 1 heterocycles. The van der Waals surface area contributed by atoms with Crippen LogP contribution < -0.4 is 0 Å². The van der Waals surface area contributed by atoms with E-state index in [1.807, 2.05) is 24.3 Å². The maximum atomic E-state index is 12.2. The minimum Gasteiger partial charge on any atom is -0.456 e. The van der Waals surface area contributed by atoms with Gasteiger partial charge in [0, 0.05) is 22.4 Å². The van der Waals surface area contributed by atoms with Crippen LogP contribution in [0.3, 0.4) is 0 Å². The summed E-state index contributed by atoms with van der Waals surface area (Å²) in [5.74, 6) is -0.813. The molecular formula is C17H12ClNO6S2. The van der Waals surface area contributed by atoms with Crippen LogP contribution in [0.15, 0.2) is 47.4 Å². The number of hydrogen-bond acceptors (Lipinski definition) is 7. The van der Waals surface area contributed by atoms with E-state index in [1.165, 1.54) is 17.4 Å². The maximum absolute atomic E-state index is 12.2. The highest BCUT2D eigenvalue weighted by Crippen LogP contribution is 2.35. The number of carbonyl (C=O) groups is 1. The van der Waals surface area contributed by atoms with Gasteiger partial charge in [-0.15, -0.1) is 11.3 Å². The third-order valence-electron chi connectivity index (χ3n) is 3.73. The summed E-state index contributed by atoms with van der Waals surface area (Å²) >= 11 is 7.67. The van der Waals surface area contributed by atoms with Gasteiger partial charge in [0.25, 0.3) is 5.69 Å². The molecular weight excluding hydrogens is 414 g/mol. The predicted octanol–water partition coefficient (Wildman–Crippen LogP) is 4.22. The first-order chi connectivity index (χ1) is 12.7. The number of ether oxygens (including phenoxy) is 1. The molecule has 0 unspecified atom stereocenters. The molecule has 0 amide bonds. The molecule has 0 saturated heterocycles. The number of fused-ring (bicyclic) bond motifs is 1. The Kier molecular flexibility index (Phi) is 5.18. The number of rotatable bonds is 5. The van der Waals surface area contributed by atoms with E-state index in [0.29, 0.717) is 9.90 Å². The summed E-state index contributed by atoms with van der Waals surface area (Å²) in [7, 11) is -3.81. The van der Waals surface area contributed by atoms with E-state index >= 15 is 0 Å². The van der Waals surface area contributed by atoms with Crippen molar-refractivity contribution < 1.29 is 22.9 Å². The second kappa shape index (κ2) is 7.26. The van der Waals surface area contributed by atoms with E-state index in [-0.39, 0.29) is 12.2 Å². The molecule has 7 nitrogen and oxygen atoms in total. The van der Waals surface area contributed by atoms with Crippen molar-refractivity contribution >= 4 is 54.5 Å². The zero-order chi connectivity index (χ0) is 19.8. The Morgan fingerprint density at radius 2 is 1.96 bits per heavy atom. The zero-order valence-corrected chi connectivity index (χ0v) is 16.2. The van der Waals surface area contributed by atoms with Crippen LogP contribution in [0.5, 0.6) is 0 Å². The maximum Gasteiger partial charge on any atom is 0.338 e.